The first-order valence-corrected chi connectivity index (χ1v) is 29.3. The van der Waals surface area contributed by atoms with Gasteiger partial charge in [-0.1, -0.05) is 77.8 Å². The smallest absolute Gasteiger partial charge is 0.407 e. The number of amides is 9. The van der Waals surface area contributed by atoms with Gasteiger partial charge in [0.2, 0.25) is 23.6 Å². The quantitative estimate of drug-likeness (QED) is 0.0234. The third-order valence-corrected chi connectivity index (χ3v) is 14.3. The summed E-state index contributed by atoms with van der Waals surface area (Å²) < 4.78 is 35.0. The van der Waals surface area contributed by atoms with E-state index in [-0.39, 0.29) is 73.9 Å². The average Bonchev–Trinajstić information content (AvgIpc) is 2.94. The summed E-state index contributed by atoms with van der Waals surface area (Å²) in [7, 11) is 0. The van der Waals surface area contributed by atoms with Gasteiger partial charge in [-0.3, -0.25) is 38.7 Å². The van der Waals surface area contributed by atoms with Crippen LogP contribution in [0.5, 0.6) is 0 Å². The first kappa shape index (κ1) is 66.3. The van der Waals surface area contributed by atoms with Crippen molar-refractivity contribution in [1.29, 1.82) is 0 Å². The highest BCUT2D eigenvalue weighted by Gasteiger charge is 2.32. The number of carbonyl (C=O) groups excluding carboxylic acids is 8. The van der Waals surface area contributed by atoms with Crippen LogP contribution in [-0.2, 0) is 50.0 Å². The van der Waals surface area contributed by atoms with Gasteiger partial charge in [-0.25, -0.2) is 23.4 Å². The minimum absolute atomic E-state index is 0.0738. The minimum atomic E-state index is -3.54. The molecule has 11 N–H and O–H groups in total. The number of nitrogens with zero attached hydrogens (tertiary/aromatic N) is 4. The zero-order valence-electron chi connectivity index (χ0n) is 49.6. The molecule has 86 heavy (non-hydrogen) atoms. The summed E-state index contributed by atoms with van der Waals surface area (Å²) in [5, 5.41) is 17.9. The zero-order valence-corrected chi connectivity index (χ0v) is 49.6. The molecule has 4 aromatic rings. The number of nitrogens with one attached hydrogen (secondary N) is 7. The number of urea groups is 1. The second-order valence-electron chi connectivity index (χ2n) is 21.9. The lowest BCUT2D eigenvalue weighted by atomic mass is 10.0. The molecular weight excluding hydrogens is 1110 g/mol. The molecule has 24 heteroatoms. The van der Waals surface area contributed by atoms with E-state index in [1.807, 2.05) is 37.1 Å². The van der Waals surface area contributed by atoms with Gasteiger partial charge in [0.1, 0.15) is 24.5 Å². The van der Waals surface area contributed by atoms with Crippen molar-refractivity contribution in [1.82, 2.24) is 41.4 Å². The van der Waals surface area contributed by atoms with E-state index in [9.17, 15) is 47.1 Å². The van der Waals surface area contributed by atoms with Crippen LogP contribution in [0.25, 0.3) is 6.08 Å². The number of anilines is 2. The lowest BCUT2D eigenvalue weighted by molar-refractivity contribution is -0.132. The monoisotopic (exact) mass is 1190 g/mol. The molecule has 1 aromatic heterocycles. The number of unbranched alkanes of at least 4 members (excludes halogenated alkanes) is 2. The largest absolute Gasteiger partial charge is 0.445 e. The summed E-state index contributed by atoms with van der Waals surface area (Å²) in [4.78, 5) is 116. The lowest BCUT2D eigenvalue weighted by Crippen LogP contribution is -2.54. The van der Waals surface area contributed by atoms with Gasteiger partial charge in [0, 0.05) is 92.2 Å². The number of amidine groups is 1. The highest BCUT2D eigenvalue weighted by atomic mass is 19.3. The van der Waals surface area contributed by atoms with Gasteiger partial charge in [0.25, 0.3) is 17.7 Å². The molecule has 0 fully saturated rings. The molecule has 0 saturated heterocycles. The van der Waals surface area contributed by atoms with Crippen LogP contribution in [0.3, 0.4) is 0 Å². The van der Waals surface area contributed by atoms with Gasteiger partial charge < -0.3 is 58.3 Å². The first-order valence-electron chi connectivity index (χ1n) is 29.3. The Morgan fingerprint density at radius 1 is 0.767 bits per heavy atom. The van der Waals surface area contributed by atoms with Gasteiger partial charge in [0.15, 0.2) is 0 Å². The van der Waals surface area contributed by atoms with E-state index in [4.69, 9.17) is 16.2 Å². The van der Waals surface area contributed by atoms with Gasteiger partial charge in [-0.15, -0.1) is 0 Å². The van der Waals surface area contributed by atoms with E-state index in [2.05, 4.69) is 46.8 Å². The predicted molar refractivity (Wildman–Crippen MR) is 324 cm³/mol. The van der Waals surface area contributed by atoms with Crippen molar-refractivity contribution in [3.8, 4) is 0 Å². The van der Waals surface area contributed by atoms with Crippen molar-refractivity contribution in [2.24, 2.45) is 22.4 Å². The van der Waals surface area contributed by atoms with Crippen molar-refractivity contribution >= 4 is 76.5 Å². The highest BCUT2D eigenvalue weighted by molar-refractivity contribution is 6.08. The van der Waals surface area contributed by atoms with Gasteiger partial charge >= 0.3 is 12.1 Å². The fourth-order valence-electron chi connectivity index (χ4n) is 9.69. The van der Waals surface area contributed by atoms with E-state index in [0.717, 1.165) is 42.5 Å². The number of hydrogen-bond donors (Lipinski definition) is 9. The Kier molecular flexibility index (Phi) is 25.0. The molecule has 462 valence electrons. The van der Waals surface area contributed by atoms with E-state index >= 15 is 0 Å². The molecule has 2 atom stereocenters. The predicted octanol–water partition coefficient (Wildman–Crippen LogP) is 7.20. The van der Waals surface area contributed by atoms with E-state index < -0.39 is 60.9 Å². The molecule has 0 saturated carbocycles. The Bertz CT molecular complexity index is 3090. The second-order valence-corrected chi connectivity index (χ2v) is 21.9. The summed E-state index contributed by atoms with van der Waals surface area (Å²) >= 11 is 0. The number of carbonyl (C=O) groups is 8. The van der Waals surface area contributed by atoms with E-state index in [1.165, 1.54) is 12.1 Å². The lowest BCUT2D eigenvalue weighted by Gasteiger charge is -2.28. The number of rotatable bonds is 30. The summed E-state index contributed by atoms with van der Waals surface area (Å²) in [5.41, 5.74) is 17.7. The van der Waals surface area contributed by atoms with Crippen LogP contribution in [0, 0.1) is 5.92 Å². The van der Waals surface area contributed by atoms with Crippen LogP contribution < -0.4 is 48.7 Å². The molecule has 9 amide bonds. The fourth-order valence-corrected chi connectivity index (χ4v) is 9.69. The zero-order chi connectivity index (χ0) is 62.3. The van der Waals surface area contributed by atoms with Crippen LogP contribution in [-0.4, -0.2) is 125 Å². The number of aliphatic imine (C=N–C) groups is 1. The molecule has 0 bridgehead atoms. The maximum atomic E-state index is 14.9. The van der Waals surface area contributed by atoms with Gasteiger partial charge in [-0.2, -0.15) is 0 Å². The fraction of sp³-hybridized carbons (Fsp3) is 0.452. The summed E-state index contributed by atoms with van der Waals surface area (Å²) in [6.07, 6.45) is 7.98. The van der Waals surface area contributed by atoms with Crippen molar-refractivity contribution in [2.75, 3.05) is 49.9 Å². The van der Waals surface area contributed by atoms with Crippen LogP contribution in [0.2, 0.25) is 0 Å². The molecule has 0 radical (unpaired) electrons. The second kappa shape index (κ2) is 32.5. The molecule has 0 aliphatic carbocycles. The van der Waals surface area contributed by atoms with Crippen LogP contribution in [0.15, 0.2) is 89.6 Å². The number of fused-ring (bicyclic) bond motifs is 2. The minimum Gasteiger partial charge on any atom is -0.445 e. The topological polar surface area (TPSA) is 314 Å². The Morgan fingerprint density at radius 3 is 2.15 bits per heavy atom. The highest BCUT2D eigenvalue weighted by Crippen LogP contribution is 2.30. The number of alkyl carbamates (subject to hydrolysis) is 1. The molecule has 3 heterocycles. The van der Waals surface area contributed by atoms with Crippen molar-refractivity contribution in [3.05, 3.63) is 124 Å². The number of halogens is 2. The molecule has 0 spiro atoms. The Labute approximate surface area is 500 Å². The third-order valence-electron chi connectivity index (χ3n) is 14.3. The molecule has 0 unspecified atom stereocenters. The van der Waals surface area contributed by atoms with Crippen molar-refractivity contribution < 1.29 is 51.9 Å². The summed E-state index contributed by atoms with van der Waals surface area (Å²) in [6.45, 7) is 10.3. The summed E-state index contributed by atoms with van der Waals surface area (Å²) in [6, 6.07) is 17.0. The third kappa shape index (κ3) is 20.8. The van der Waals surface area contributed by atoms with E-state index in [0.29, 0.717) is 84.9 Å². The number of hydrogen-bond acceptors (Lipinski definition) is 13. The number of alkyl halides is 2. The Morgan fingerprint density at radius 2 is 1.47 bits per heavy atom. The molecule has 2 aliphatic rings. The van der Waals surface area contributed by atoms with E-state index in [1.54, 1.807) is 80.7 Å². The normalized spacial score (nSPS) is 13.7. The Balaban J connectivity index is 0.925. The number of pyridine rings is 1. The molecule has 2 aliphatic heterocycles. The maximum absolute atomic E-state index is 14.9. The number of benzene rings is 3. The van der Waals surface area contributed by atoms with Gasteiger partial charge in [0.05, 0.1) is 30.7 Å². The number of aromatic nitrogens is 1. The van der Waals surface area contributed by atoms with Crippen LogP contribution in [0.4, 0.5) is 35.4 Å². The molecular formula is C62H81F2N13O9. The van der Waals surface area contributed by atoms with Gasteiger partial charge in [-0.05, 0) is 103 Å². The van der Waals surface area contributed by atoms with Crippen molar-refractivity contribution in [3.63, 3.8) is 0 Å². The standard InChI is InChI=1S/C62H81F2N13O9/c1-6-9-10-13-53(78)75-54(39(4)5)58(82)74-50(12-11-25-67-60(66)84)57(81)71-47-22-16-41(17-23-47)36-86-61(85)70-38-62(63,64)37-69-55(79)42-18-14-40(15-19-42)34-76-28-24-49-46(35-76)30-48(33-68-49)72-56(80)44-21-20-43-29-45(32-52(65)73-51(43)31-44)59(83)77(26-7-2)27-8-3/h14-23,29-31,33,39,50,54H,6-13,24-28,32,34-38H2,1-5H3,(H2,65,73)(H,69,79)(H,70,85)(H,71,81)(H,72,80)(H,74,82)(H,75,78)(H3,66,67,84)/t50-,54-/m0/s1. The van der Waals surface area contributed by atoms with Crippen LogP contribution >= 0.6 is 0 Å². The first-order chi connectivity index (χ1) is 41.1. The molecule has 3 aromatic carbocycles. The molecule has 22 nitrogen and oxygen atoms in total. The van der Waals surface area contributed by atoms with Crippen molar-refractivity contribution in [2.45, 2.75) is 137 Å². The Hall–Kier alpha value is -8.80. The average molecular weight is 1190 g/mol. The molecule has 6 rings (SSSR count). The number of ether oxygens (including phenoxy) is 1. The maximum Gasteiger partial charge on any atom is 0.407 e. The number of primary amides is 1. The number of nitrogens with two attached hydrogens (primary N) is 2. The van der Waals surface area contributed by atoms with Crippen LogP contribution in [0.1, 0.15) is 141 Å². The SMILES string of the molecule is CCCCCC(=O)N[C@H](C(=O)N[C@@H](CCCNC(N)=O)C(=O)Nc1ccc(COC(=O)NCC(F)(F)CNC(=O)c2ccc(CN3CCc4ncc(NC(=O)c5ccc6c(c5)N=C(N)CC(C(=O)N(CCC)CCC)=C6)cc4C3)cc2)cc1)C(C)C. The summed E-state index contributed by atoms with van der Waals surface area (Å²) in [5.74, 6) is -6.10.